The summed E-state index contributed by atoms with van der Waals surface area (Å²) in [5.41, 5.74) is 6.82. The van der Waals surface area contributed by atoms with Crippen LogP contribution >= 0.6 is 31.9 Å². The molecule has 1 aliphatic rings. The second-order valence-corrected chi connectivity index (χ2v) is 6.16. The van der Waals surface area contributed by atoms with Crippen LogP contribution in [0.25, 0.3) is 0 Å². The number of rotatable bonds is 1. The first-order valence-electron chi connectivity index (χ1n) is 6.24. The van der Waals surface area contributed by atoms with E-state index >= 15 is 0 Å². The largest absolute Gasteiger partial charge is 0.478 e. The van der Waals surface area contributed by atoms with E-state index in [4.69, 9.17) is 10.8 Å². The summed E-state index contributed by atoms with van der Waals surface area (Å²) in [4.78, 5) is 32.6. The van der Waals surface area contributed by atoms with Gasteiger partial charge in [-0.15, -0.1) is 0 Å². The van der Waals surface area contributed by atoms with Crippen LogP contribution in [-0.2, 0) is 4.79 Å². The molecule has 1 heterocycles. The predicted octanol–water partition coefficient (Wildman–Crippen LogP) is 3.31. The summed E-state index contributed by atoms with van der Waals surface area (Å²) in [6.07, 6.45) is 0. The van der Waals surface area contributed by atoms with E-state index in [1.54, 1.807) is 36.4 Å². The number of Topliss-reactive ketones (excluding diaryl/α,β-unsaturated/α-hetero) is 1. The summed E-state index contributed by atoms with van der Waals surface area (Å²) in [6, 6.07) is 10.1. The van der Waals surface area contributed by atoms with E-state index in [-0.39, 0.29) is 11.3 Å². The normalized spacial score (nSPS) is 12.1. The van der Waals surface area contributed by atoms with E-state index in [2.05, 4.69) is 37.2 Å². The summed E-state index contributed by atoms with van der Waals surface area (Å²) in [5, 5.41) is 11.1. The Labute approximate surface area is 147 Å². The monoisotopic (exact) mass is 440 g/mol. The zero-order valence-electron chi connectivity index (χ0n) is 11.5. The van der Waals surface area contributed by atoms with Crippen LogP contribution in [0.2, 0.25) is 0 Å². The maximum absolute atomic E-state index is 11.2. The number of nitrogen functional groups attached to an aromatic ring is 1. The Kier molecular flexibility index (Phi) is 5.17. The summed E-state index contributed by atoms with van der Waals surface area (Å²) >= 11 is 6.29. The van der Waals surface area contributed by atoms with Crippen molar-refractivity contribution in [3.8, 4) is 0 Å². The van der Waals surface area contributed by atoms with Crippen LogP contribution < -0.4 is 11.1 Å². The third kappa shape index (κ3) is 3.59. The highest BCUT2D eigenvalue weighted by Crippen LogP contribution is 2.29. The lowest BCUT2D eigenvalue weighted by atomic mass is 10.1. The Bertz CT molecular complexity index is 801. The number of nitrogens with two attached hydrogens (primary N) is 1. The number of aromatic carboxylic acids is 1. The summed E-state index contributed by atoms with van der Waals surface area (Å²) in [7, 11) is 0. The first-order valence-corrected chi connectivity index (χ1v) is 7.83. The molecule has 0 fully saturated rings. The van der Waals surface area contributed by atoms with Gasteiger partial charge in [0.25, 0.3) is 11.7 Å². The third-order valence-corrected chi connectivity index (χ3v) is 4.28. The van der Waals surface area contributed by atoms with Gasteiger partial charge in [-0.25, -0.2) is 4.79 Å². The van der Waals surface area contributed by atoms with Crippen molar-refractivity contribution in [3.63, 3.8) is 0 Å². The number of hydrogen-bond donors (Lipinski definition) is 3. The molecule has 0 bridgehead atoms. The van der Waals surface area contributed by atoms with Gasteiger partial charge in [-0.1, -0.05) is 12.1 Å². The number of nitrogens with one attached hydrogen (secondary N) is 1. The van der Waals surface area contributed by atoms with Crippen LogP contribution in [0.3, 0.4) is 0 Å². The van der Waals surface area contributed by atoms with Crippen LogP contribution in [0.1, 0.15) is 20.7 Å². The molecule has 0 aliphatic carbocycles. The Hall–Kier alpha value is -2.19. The molecule has 118 valence electrons. The molecule has 4 N–H and O–H groups in total. The average molecular weight is 442 g/mol. The summed E-state index contributed by atoms with van der Waals surface area (Å²) in [5.74, 6) is -2.05. The number of carboxylic acids is 1. The zero-order valence-corrected chi connectivity index (χ0v) is 14.6. The number of fused-ring (bicyclic) bond motifs is 1. The van der Waals surface area contributed by atoms with Gasteiger partial charge in [0.15, 0.2) is 0 Å². The smallest absolute Gasteiger partial charge is 0.338 e. The molecule has 6 nitrogen and oxygen atoms in total. The van der Waals surface area contributed by atoms with Crippen molar-refractivity contribution in [1.29, 1.82) is 0 Å². The first-order chi connectivity index (χ1) is 10.8. The number of halogens is 2. The lowest BCUT2D eigenvalue weighted by molar-refractivity contribution is -0.112. The van der Waals surface area contributed by atoms with Crippen LogP contribution in [0.15, 0.2) is 45.3 Å². The van der Waals surface area contributed by atoms with Crippen molar-refractivity contribution >= 4 is 60.9 Å². The summed E-state index contributed by atoms with van der Waals surface area (Å²) < 4.78 is 1.16. The van der Waals surface area contributed by atoms with Gasteiger partial charge in [0.1, 0.15) is 0 Å². The number of anilines is 2. The van der Waals surface area contributed by atoms with Crippen molar-refractivity contribution in [2.45, 2.75) is 0 Å². The fourth-order valence-electron chi connectivity index (χ4n) is 1.92. The molecular weight excluding hydrogens is 432 g/mol. The van der Waals surface area contributed by atoms with Gasteiger partial charge in [0.05, 0.1) is 16.8 Å². The lowest BCUT2D eigenvalue weighted by Gasteiger charge is -2.01. The maximum atomic E-state index is 11.2. The molecule has 0 aromatic heterocycles. The molecule has 23 heavy (non-hydrogen) atoms. The Balaban J connectivity index is 0.000000168. The molecule has 2 aromatic rings. The number of ketones is 1. The van der Waals surface area contributed by atoms with Crippen molar-refractivity contribution in [3.05, 3.63) is 56.5 Å². The highest BCUT2D eigenvalue weighted by molar-refractivity contribution is 9.10. The molecule has 8 heteroatoms. The standard InChI is InChI=1S/C8H4BrNO2.C7H6BrNO2/c9-4-2-1-3-5-6(4)7(11)8(12)10-5;8-4-2-1-3-5(9)6(4)7(10)11/h1-3H,(H,10,11,12);1-3H,9H2,(H,10,11). The van der Waals surface area contributed by atoms with Crippen LogP contribution in [0.4, 0.5) is 11.4 Å². The minimum absolute atomic E-state index is 0.118. The molecule has 2 aromatic carbocycles. The molecule has 1 aliphatic heterocycles. The van der Waals surface area contributed by atoms with E-state index in [0.717, 1.165) is 0 Å². The Morgan fingerprint density at radius 3 is 2.17 bits per heavy atom. The van der Waals surface area contributed by atoms with E-state index in [0.29, 0.717) is 20.2 Å². The molecule has 0 saturated carbocycles. The average Bonchev–Trinajstić information content (AvgIpc) is 2.75. The highest BCUT2D eigenvalue weighted by Gasteiger charge is 2.29. The molecule has 0 radical (unpaired) electrons. The van der Waals surface area contributed by atoms with Crippen LogP contribution in [0.5, 0.6) is 0 Å². The zero-order chi connectivity index (χ0) is 17.1. The quantitative estimate of drug-likeness (QED) is 0.464. The first kappa shape index (κ1) is 17.2. The number of amides is 1. The molecule has 1 amide bonds. The Morgan fingerprint density at radius 2 is 1.65 bits per heavy atom. The van der Waals surface area contributed by atoms with Gasteiger partial charge in [0.2, 0.25) is 0 Å². The second-order valence-electron chi connectivity index (χ2n) is 4.45. The van der Waals surface area contributed by atoms with Crippen molar-refractivity contribution < 1.29 is 19.5 Å². The molecular formula is C15H10Br2N2O4. The second kappa shape index (κ2) is 6.93. The molecule has 0 atom stereocenters. The number of carboxylic acid groups (broad SMARTS) is 1. The number of carbonyl (C=O) groups is 3. The van der Waals surface area contributed by atoms with Gasteiger partial charge in [-0.05, 0) is 56.1 Å². The number of carbonyl (C=O) groups excluding carboxylic acids is 2. The lowest BCUT2D eigenvalue weighted by Crippen LogP contribution is -2.12. The van der Waals surface area contributed by atoms with Gasteiger partial charge < -0.3 is 16.2 Å². The molecule has 0 unspecified atom stereocenters. The van der Waals surface area contributed by atoms with E-state index in [1.807, 2.05) is 0 Å². The molecule has 3 rings (SSSR count). The SMILES string of the molecule is Nc1cccc(Br)c1C(=O)O.O=C1Nc2cccc(Br)c2C1=O. The predicted molar refractivity (Wildman–Crippen MR) is 92.6 cm³/mol. The maximum Gasteiger partial charge on any atom is 0.338 e. The van der Waals surface area contributed by atoms with E-state index < -0.39 is 17.7 Å². The van der Waals surface area contributed by atoms with Crippen molar-refractivity contribution in [2.75, 3.05) is 11.1 Å². The van der Waals surface area contributed by atoms with Gasteiger partial charge >= 0.3 is 5.97 Å². The van der Waals surface area contributed by atoms with E-state index in [9.17, 15) is 14.4 Å². The molecule has 0 spiro atoms. The minimum atomic E-state index is -1.02. The number of benzene rings is 2. The van der Waals surface area contributed by atoms with E-state index in [1.165, 1.54) is 0 Å². The van der Waals surface area contributed by atoms with Crippen molar-refractivity contribution in [2.24, 2.45) is 0 Å². The third-order valence-electron chi connectivity index (χ3n) is 2.95. The van der Waals surface area contributed by atoms with Crippen molar-refractivity contribution in [1.82, 2.24) is 0 Å². The minimum Gasteiger partial charge on any atom is -0.478 e. The van der Waals surface area contributed by atoms with Crippen LogP contribution in [0, 0.1) is 0 Å². The van der Waals surface area contributed by atoms with Gasteiger partial charge in [0, 0.05) is 14.6 Å². The van der Waals surface area contributed by atoms with Crippen LogP contribution in [-0.4, -0.2) is 22.8 Å². The Morgan fingerprint density at radius 1 is 1.04 bits per heavy atom. The van der Waals surface area contributed by atoms with Gasteiger partial charge in [-0.2, -0.15) is 0 Å². The fraction of sp³-hybridized carbons (Fsp3) is 0. The van der Waals surface area contributed by atoms with Gasteiger partial charge in [-0.3, -0.25) is 9.59 Å². The molecule has 0 saturated heterocycles. The highest BCUT2D eigenvalue weighted by atomic mass is 79.9. The fourth-order valence-corrected chi connectivity index (χ4v) is 3.02. The topological polar surface area (TPSA) is 109 Å². The number of hydrogen-bond acceptors (Lipinski definition) is 4. The summed E-state index contributed by atoms with van der Waals surface area (Å²) in [6.45, 7) is 0.